The number of nitrogens with one attached hydrogen (secondary N) is 2. The predicted octanol–water partition coefficient (Wildman–Crippen LogP) is 3.91. The molecular formula is C22H32IN7O. The quantitative estimate of drug-likeness (QED) is 0.257. The van der Waals surface area contributed by atoms with Crippen molar-refractivity contribution in [2.24, 2.45) is 4.99 Å². The van der Waals surface area contributed by atoms with Gasteiger partial charge in [0.1, 0.15) is 0 Å². The molecule has 2 aromatic heterocycles. The first-order chi connectivity index (χ1) is 14.5. The van der Waals surface area contributed by atoms with E-state index in [1.54, 1.807) is 0 Å². The SMILES string of the molecule is CCNC(=NCc1ccccc1-n1nc(C)cc1C)NCCc1nc(C(C)C)no1.I. The fraction of sp³-hybridized carbons (Fsp3) is 0.455. The summed E-state index contributed by atoms with van der Waals surface area (Å²) in [7, 11) is 0. The topological polar surface area (TPSA) is 93.2 Å². The summed E-state index contributed by atoms with van der Waals surface area (Å²) < 4.78 is 7.28. The van der Waals surface area contributed by atoms with Crippen molar-refractivity contribution in [1.29, 1.82) is 0 Å². The molecule has 168 valence electrons. The Morgan fingerprint density at radius 3 is 2.61 bits per heavy atom. The van der Waals surface area contributed by atoms with Crippen molar-refractivity contribution in [3.05, 3.63) is 59.0 Å². The Labute approximate surface area is 200 Å². The van der Waals surface area contributed by atoms with E-state index in [0.717, 1.165) is 41.0 Å². The highest BCUT2D eigenvalue weighted by atomic mass is 127. The van der Waals surface area contributed by atoms with Gasteiger partial charge in [-0.05, 0) is 38.5 Å². The average molecular weight is 537 g/mol. The minimum atomic E-state index is 0. The molecule has 1 aromatic carbocycles. The summed E-state index contributed by atoms with van der Waals surface area (Å²) in [5, 5.41) is 15.2. The van der Waals surface area contributed by atoms with E-state index in [9.17, 15) is 0 Å². The highest BCUT2D eigenvalue weighted by Gasteiger charge is 2.11. The molecule has 0 saturated heterocycles. The second-order valence-corrected chi connectivity index (χ2v) is 7.54. The van der Waals surface area contributed by atoms with E-state index in [0.29, 0.717) is 25.4 Å². The maximum Gasteiger partial charge on any atom is 0.228 e. The van der Waals surface area contributed by atoms with E-state index in [1.807, 2.05) is 44.5 Å². The molecule has 0 aliphatic rings. The van der Waals surface area contributed by atoms with Crippen LogP contribution in [-0.2, 0) is 13.0 Å². The predicted molar refractivity (Wildman–Crippen MR) is 133 cm³/mol. The van der Waals surface area contributed by atoms with Crippen LogP contribution in [0.5, 0.6) is 0 Å². The standard InChI is InChI=1S/C22H31N7O.HI/c1-6-23-22(24-12-11-20-26-21(15(2)3)28-30-20)25-14-18-9-7-8-10-19(18)29-17(5)13-16(4)27-29;/h7-10,13,15H,6,11-12,14H2,1-5H3,(H2,23,24,25);1H. The molecular weight excluding hydrogens is 505 g/mol. The van der Waals surface area contributed by atoms with Gasteiger partial charge < -0.3 is 15.2 Å². The van der Waals surface area contributed by atoms with Gasteiger partial charge in [0.15, 0.2) is 11.8 Å². The Bertz CT molecular complexity index is 993. The largest absolute Gasteiger partial charge is 0.357 e. The summed E-state index contributed by atoms with van der Waals surface area (Å²) in [5.74, 6) is 2.39. The fourth-order valence-corrected chi connectivity index (χ4v) is 3.12. The van der Waals surface area contributed by atoms with Crippen molar-refractivity contribution < 1.29 is 4.52 Å². The van der Waals surface area contributed by atoms with Crippen LogP contribution in [0.25, 0.3) is 5.69 Å². The van der Waals surface area contributed by atoms with Gasteiger partial charge in [-0.15, -0.1) is 24.0 Å². The van der Waals surface area contributed by atoms with Gasteiger partial charge in [0, 0.05) is 31.1 Å². The zero-order valence-corrected chi connectivity index (χ0v) is 21.2. The third kappa shape index (κ3) is 6.78. The number of aromatic nitrogens is 4. The highest BCUT2D eigenvalue weighted by Crippen LogP contribution is 2.17. The molecule has 0 unspecified atom stereocenters. The van der Waals surface area contributed by atoms with Gasteiger partial charge in [-0.2, -0.15) is 10.1 Å². The molecule has 3 rings (SSSR count). The van der Waals surface area contributed by atoms with E-state index < -0.39 is 0 Å². The van der Waals surface area contributed by atoms with Crippen LogP contribution in [-0.4, -0.2) is 39.0 Å². The van der Waals surface area contributed by atoms with Crippen LogP contribution in [0.2, 0.25) is 0 Å². The molecule has 0 aliphatic heterocycles. The number of halogens is 1. The summed E-state index contributed by atoms with van der Waals surface area (Å²) >= 11 is 0. The van der Waals surface area contributed by atoms with Crippen LogP contribution < -0.4 is 10.6 Å². The molecule has 0 fully saturated rings. The first kappa shape index (κ1) is 24.8. The Balaban J connectivity index is 0.00000341. The van der Waals surface area contributed by atoms with Crippen molar-refractivity contribution >= 4 is 29.9 Å². The first-order valence-electron chi connectivity index (χ1n) is 10.4. The van der Waals surface area contributed by atoms with E-state index in [2.05, 4.69) is 51.0 Å². The Hall–Kier alpha value is -2.43. The van der Waals surface area contributed by atoms with Crippen LogP contribution in [0.15, 0.2) is 39.8 Å². The smallest absolute Gasteiger partial charge is 0.228 e. The zero-order chi connectivity index (χ0) is 21.5. The number of guanidine groups is 1. The maximum absolute atomic E-state index is 5.30. The van der Waals surface area contributed by atoms with Crippen LogP contribution in [0.1, 0.15) is 55.4 Å². The molecule has 9 heteroatoms. The van der Waals surface area contributed by atoms with Gasteiger partial charge in [0.25, 0.3) is 0 Å². The van der Waals surface area contributed by atoms with Crippen molar-refractivity contribution in [1.82, 2.24) is 30.6 Å². The zero-order valence-electron chi connectivity index (χ0n) is 18.8. The molecule has 31 heavy (non-hydrogen) atoms. The summed E-state index contributed by atoms with van der Waals surface area (Å²) in [4.78, 5) is 9.17. The molecule has 2 N–H and O–H groups in total. The molecule has 2 heterocycles. The van der Waals surface area contributed by atoms with E-state index in [1.165, 1.54) is 0 Å². The molecule has 3 aromatic rings. The van der Waals surface area contributed by atoms with Crippen molar-refractivity contribution in [3.8, 4) is 5.69 Å². The normalized spacial score (nSPS) is 11.5. The number of hydrogen-bond acceptors (Lipinski definition) is 5. The van der Waals surface area contributed by atoms with Crippen LogP contribution in [0.4, 0.5) is 0 Å². The number of hydrogen-bond donors (Lipinski definition) is 2. The number of benzene rings is 1. The van der Waals surface area contributed by atoms with Gasteiger partial charge in [-0.1, -0.05) is 37.2 Å². The van der Waals surface area contributed by atoms with Crippen molar-refractivity contribution in [2.45, 2.75) is 53.5 Å². The number of rotatable bonds is 8. The van der Waals surface area contributed by atoms with Crippen LogP contribution in [0.3, 0.4) is 0 Å². The number of nitrogens with zero attached hydrogens (tertiary/aromatic N) is 5. The lowest BCUT2D eigenvalue weighted by atomic mass is 10.2. The summed E-state index contributed by atoms with van der Waals surface area (Å²) in [6, 6.07) is 10.3. The lowest BCUT2D eigenvalue weighted by Crippen LogP contribution is -2.38. The van der Waals surface area contributed by atoms with Gasteiger partial charge in [-0.3, -0.25) is 0 Å². The minimum Gasteiger partial charge on any atom is -0.357 e. The Morgan fingerprint density at radius 1 is 1.19 bits per heavy atom. The monoisotopic (exact) mass is 537 g/mol. The van der Waals surface area contributed by atoms with Gasteiger partial charge in [0.2, 0.25) is 5.89 Å². The maximum atomic E-state index is 5.30. The molecule has 0 radical (unpaired) electrons. The third-order valence-electron chi connectivity index (χ3n) is 4.61. The van der Waals surface area contributed by atoms with E-state index in [4.69, 9.17) is 9.52 Å². The molecule has 0 bridgehead atoms. The Kier molecular flexibility index (Phi) is 9.47. The minimum absolute atomic E-state index is 0. The molecule has 0 aliphatic carbocycles. The molecule has 0 amide bonds. The summed E-state index contributed by atoms with van der Waals surface area (Å²) in [6.07, 6.45) is 0.645. The molecule has 0 spiro atoms. The van der Waals surface area contributed by atoms with E-state index >= 15 is 0 Å². The summed E-state index contributed by atoms with van der Waals surface area (Å²) in [5.41, 5.74) is 4.27. The van der Waals surface area contributed by atoms with Crippen LogP contribution in [0, 0.1) is 13.8 Å². The third-order valence-corrected chi connectivity index (χ3v) is 4.61. The van der Waals surface area contributed by atoms with Gasteiger partial charge in [-0.25, -0.2) is 9.67 Å². The average Bonchev–Trinajstić information content (AvgIpc) is 3.32. The number of para-hydroxylation sites is 1. The lowest BCUT2D eigenvalue weighted by molar-refractivity contribution is 0.371. The number of aryl methyl sites for hydroxylation is 2. The highest BCUT2D eigenvalue weighted by molar-refractivity contribution is 14.0. The second kappa shape index (κ2) is 11.8. The van der Waals surface area contributed by atoms with Gasteiger partial charge >= 0.3 is 0 Å². The van der Waals surface area contributed by atoms with Crippen molar-refractivity contribution in [3.63, 3.8) is 0 Å². The van der Waals surface area contributed by atoms with Crippen LogP contribution >= 0.6 is 24.0 Å². The number of aliphatic imine (C=N–C) groups is 1. The van der Waals surface area contributed by atoms with Crippen molar-refractivity contribution in [2.75, 3.05) is 13.1 Å². The Morgan fingerprint density at radius 2 is 1.97 bits per heavy atom. The summed E-state index contributed by atoms with van der Waals surface area (Å²) in [6.45, 7) is 12.2. The molecule has 8 nitrogen and oxygen atoms in total. The lowest BCUT2D eigenvalue weighted by Gasteiger charge is -2.12. The fourth-order valence-electron chi connectivity index (χ4n) is 3.12. The molecule has 0 atom stereocenters. The van der Waals surface area contributed by atoms with Gasteiger partial charge in [0.05, 0.1) is 17.9 Å². The molecule has 0 saturated carbocycles. The second-order valence-electron chi connectivity index (χ2n) is 7.54. The first-order valence-corrected chi connectivity index (χ1v) is 10.4. The van der Waals surface area contributed by atoms with E-state index in [-0.39, 0.29) is 29.9 Å².